The van der Waals surface area contributed by atoms with Crippen molar-refractivity contribution in [3.63, 3.8) is 0 Å². The van der Waals surface area contributed by atoms with Crippen molar-refractivity contribution in [1.82, 2.24) is 9.78 Å². The highest BCUT2D eigenvalue weighted by Crippen LogP contribution is 2.32. The van der Waals surface area contributed by atoms with Crippen LogP contribution in [0.2, 0.25) is 0 Å². The highest BCUT2D eigenvalue weighted by atomic mass is 16.2. The van der Waals surface area contributed by atoms with E-state index >= 15 is 0 Å². The van der Waals surface area contributed by atoms with Crippen LogP contribution in [-0.4, -0.2) is 15.7 Å². The average Bonchev–Trinajstić information content (AvgIpc) is 2.86. The molecule has 1 N–H and O–H groups in total. The smallest absolute Gasteiger partial charge is 0.233 e. The van der Waals surface area contributed by atoms with Crippen LogP contribution < -0.4 is 5.32 Å². The molecule has 0 radical (unpaired) electrons. The molecule has 0 aliphatic heterocycles. The van der Waals surface area contributed by atoms with E-state index in [0.717, 1.165) is 24.8 Å². The van der Waals surface area contributed by atoms with Crippen LogP contribution in [0.1, 0.15) is 35.4 Å². The lowest BCUT2D eigenvalue weighted by Gasteiger charge is -2.24. The molecule has 1 heterocycles. The quantitative estimate of drug-likeness (QED) is 0.918. The third kappa shape index (κ3) is 2.52. The van der Waals surface area contributed by atoms with E-state index in [0.29, 0.717) is 11.4 Å². The second-order valence-electron chi connectivity index (χ2n) is 5.31. The monoisotopic (exact) mass is 280 g/mol. The standard InChI is InChI=1S/C16H16N4O/c1-20-10-12(9-17)15(19-20)18-16(21)14-8-4-6-11-5-2-3-7-13(11)14/h2-3,5,7,10,14H,4,6,8H2,1H3,(H,18,19,21). The van der Waals surface area contributed by atoms with E-state index in [1.54, 1.807) is 13.2 Å². The molecule has 0 fully saturated rings. The fraction of sp³-hybridized carbons (Fsp3) is 0.312. The summed E-state index contributed by atoms with van der Waals surface area (Å²) in [5, 5.41) is 16.0. The molecule has 5 heteroatoms. The molecule has 3 rings (SSSR count). The van der Waals surface area contributed by atoms with Crippen LogP contribution in [0.15, 0.2) is 30.5 Å². The average molecular weight is 280 g/mol. The molecule has 21 heavy (non-hydrogen) atoms. The fourth-order valence-electron chi connectivity index (χ4n) is 2.89. The van der Waals surface area contributed by atoms with Crippen LogP contribution in [0.25, 0.3) is 0 Å². The Morgan fingerprint density at radius 2 is 2.29 bits per heavy atom. The topological polar surface area (TPSA) is 70.7 Å². The number of nitriles is 1. The fourth-order valence-corrected chi connectivity index (χ4v) is 2.89. The number of nitrogens with zero attached hydrogens (tertiary/aromatic N) is 3. The second kappa shape index (κ2) is 5.41. The number of aromatic nitrogens is 2. The highest BCUT2D eigenvalue weighted by molar-refractivity contribution is 5.96. The molecular weight excluding hydrogens is 264 g/mol. The number of anilines is 1. The molecule has 106 valence electrons. The van der Waals surface area contributed by atoms with E-state index in [9.17, 15) is 4.79 Å². The van der Waals surface area contributed by atoms with Crippen molar-refractivity contribution >= 4 is 11.7 Å². The van der Waals surface area contributed by atoms with Gasteiger partial charge in [-0.15, -0.1) is 0 Å². The predicted molar refractivity (Wildman–Crippen MR) is 78.7 cm³/mol. The summed E-state index contributed by atoms with van der Waals surface area (Å²) >= 11 is 0. The molecule has 0 saturated heterocycles. The van der Waals surface area contributed by atoms with Crippen LogP contribution in [0.3, 0.4) is 0 Å². The van der Waals surface area contributed by atoms with Crippen molar-refractivity contribution in [2.24, 2.45) is 7.05 Å². The number of hydrogen-bond acceptors (Lipinski definition) is 3. The molecule has 1 amide bonds. The molecule has 1 atom stereocenters. The van der Waals surface area contributed by atoms with Crippen LogP contribution in [0.4, 0.5) is 5.82 Å². The summed E-state index contributed by atoms with van der Waals surface area (Å²) in [4.78, 5) is 12.5. The van der Waals surface area contributed by atoms with Crippen molar-refractivity contribution in [2.45, 2.75) is 25.2 Å². The van der Waals surface area contributed by atoms with Crippen molar-refractivity contribution < 1.29 is 4.79 Å². The van der Waals surface area contributed by atoms with E-state index in [4.69, 9.17) is 5.26 Å². The van der Waals surface area contributed by atoms with Crippen molar-refractivity contribution in [2.75, 3.05) is 5.32 Å². The van der Waals surface area contributed by atoms with Gasteiger partial charge in [-0.1, -0.05) is 24.3 Å². The largest absolute Gasteiger partial charge is 0.308 e. The molecule has 1 aromatic heterocycles. The minimum atomic E-state index is -0.163. The molecule has 1 aliphatic rings. The Kier molecular flexibility index (Phi) is 3.44. The van der Waals surface area contributed by atoms with Gasteiger partial charge in [0.2, 0.25) is 5.91 Å². The highest BCUT2D eigenvalue weighted by Gasteiger charge is 2.27. The maximum Gasteiger partial charge on any atom is 0.233 e. The zero-order chi connectivity index (χ0) is 14.8. The Bertz CT molecular complexity index is 726. The van der Waals surface area contributed by atoms with Crippen molar-refractivity contribution in [1.29, 1.82) is 5.26 Å². The van der Waals surface area contributed by atoms with Crippen LogP contribution in [0, 0.1) is 11.3 Å². The number of carbonyl (C=O) groups is 1. The summed E-state index contributed by atoms with van der Waals surface area (Å²) in [7, 11) is 1.73. The lowest BCUT2D eigenvalue weighted by atomic mass is 9.82. The zero-order valence-corrected chi connectivity index (χ0v) is 11.8. The van der Waals surface area contributed by atoms with E-state index in [1.807, 2.05) is 24.3 Å². The number of nitrogens with one attached hydrogen (secondary N) is 1. The maximum absolute atomic E-state index is 12.5. The number of carbonyl (C=O) groups excluding carboxylic acids is 1. The Balaban J connectivity index is 1.85. The number of fused-ring (bicyclic) bond motifs is 1. The lowest BCUT2D eigenvalue weighted by molar-refractivity contribution is -0.117. The molecule has 2 aromatic rings. The molecular formula is C16H16N4O. The molecule has 1 unspecified atom stereocenters. The summed E-state index contributed by atoms with van der Waals surface area (Å²) in [6, 6.07) is 10.1. The van der Waals surface area contributed by atoms with Gasteiger partial charge >= 0.3 is 0 Å². The van der Waals surface area contributed by atoms with Gasteiger partial charge in [-0.25, -0.2) is 0 Å². The number of aryl methyl sites for hydroxylation is 2. The summed E-state index contributed by atoms with van der Waals surface area (Å²) in [5.41, 5.74) is 2.72. The minimum absolute atomic E-state index is 0.0858. The first-order valence-corrected chi connectivity index (χ1v) is 7.01. The summed E-state index contributed by atoms with van der Waals surface area (Å²) in [6.45, 7) is 0. The summed E-state index contributed by atoms with van der Waals surface area (Å²) in [5.74, 6) is 0.0916. The maximum atomic E-state index is 12.5. The summed E-state index contributed by atoms with van der Waals surface area (Å²) < 4.78 is 1.53. The number of rotatable bonds is 2. The van der Waals surface area contributed by atoms with Gasteiger partial charge in [-0.2, -0.15) is 10.4 Å². The second-order valence-corrected chi connectivity index (χ2v) is 5.31. The van der Waals surface area contributed by atoms with E-state index < -0.39 is 0 Å². The van der Waals surface area contributed by atoms with Crippen LogP contribution >= 0.6 is 0 Å². The van der Waals surface area contributed by atoms with Gasteiger partial charge in [0.05, 0.1) is 5.92 Å². The Morgan fingerprint density at radius 1 is 1.48 bits per heavy atom. The van der Waals surface area contributed by atoms with Gasteiger partial charge in [0.1, 0.15) is 11.6 Å². The Labute approximate surface area is 123 Å². The number of benzene rings is 1. The third-order valence-corrected chi connectivity index (χ3v) is 3.88. The molecule has 0 bridgehead atoms. The van der Waals surface area contributed by atoms with Gasteiger partial charge in [0, 0.05) is 13.2 Å². The number of hydrogen-bond donors (Lipinski definition) is 1. The Hall–Kier alpha value is -2.61. The van der Waals surface area contributed by atoms with Gasteiger partial charge in [-0.3, -0.25) is 9.48 Å². The first-order valence-electron chi connectivity index (χ1n) is 7.01. The third-order valence-electron chi connectivity index (χ3n) is 3.88. The SMILES string of the molecule is Cn1cc(C#N)c(NC(=O)C2CCCc3ccccc32)n1. The molecule has 1 aromatic carbocycles. The van der Waals surface area contributed by atoms with Gasteiger partial charge in [0.25, 0.3) is 0 Å². The Morgan fingerprint density at radius 3 is 3.10 bits per heavy atom. The lowest BCUT2D eigenvalue weighted by Crippen LogP contribution is -2.25. The summed E-state index contributed by atoms with van der Waals surface area (Å²) in [6.07, 6.45) is 4.46. The van der Waals surface area contributed by atoms with Crippen LogP contribution in [-0.2, 0) is 18.3 Å². The van der Waals surface area contributed by atoms with E-state index in [2.05, 4.69) is 16.5 Å². The van der Waals surface area contributed by atoms with Crippen LogP contribution in [0.5, 0.6) is 0 Å². The van der Waals surface area contributed by atoms with Gasteiger partial charge in [-0.05, 0) is 30.4 Å². The normalized spacial score (nSPS) is 16.9. The molecule has 0 saturated carbocycles. The zero-order valence-electron chi connectivity index (χ0n) is 11.8. The first-order chi connectivity index (χ1) is 10.2. The molecule has 0 spiro atoms. The first kappa shape index (κ1) is 13.4. The van der Waals surface area contributed by atoms with Crippen molar-refractivity contribution in [3.8, 4) is 6.07 Å². The molecule has 1 aliphatic carbocycles. The predicted octanol–water partition coefficient (Wildman–Crippen LogP) is 2.35. The minimum Gasteiger partial charge on any atom is -0.308 e. The molecule has 5 nitrogen and oxygen atoms in total. The van der Waals surface area contributed by atoms with Gasteiger partial charge < -0.3 is 5.32 Å². The van der Waals surface area contributed by atoms with Crippen molar-refractivity contribution in [3.05, 3.63) is 47.2 Å². The van der Waals surface area contributed by atoms with E-state index in [1.165, 1.54) is 10.2 Å². The van der Waals surface area contributed by atoms with E-state index in [-0.39, 0.29) is 11.8 Å². The van der Waals surface area contributed by atoms with Gasteiger partial charge in [0.15, 0.2) is 5.82 Å². The number of amides is 1.